The van der Waals surface area contributed by atoms with Crippen LogP contribution in [0, 0.1) is 0 Å². The van der Waals surface area contributed by atoms with Crippen LogP contribution < -0.4 is 10.1 Å². The first-order valence-corrected chi connectivity index (χ1v) is 9.53. The van der Waals surface area contributed by atoms with Crippen LogP contribution in [0.4, 0.5) is 0 Å². The number of amides is 1. The Hall–Kier alpha value is -2.66. The molecular weight excluding hydrogens is 344 g/mol. The van der Waals surface area contributed by atoms with Crippen LogP contribution in [-0.2, 0) is 11.3 Å². The second-order valence-electron chi connectivity index (χ2n) is 6.35. The lowest BCUT2D eigenvalue weighted by Gasteiger charge is -2.10. The minimum atomic E-state index is -0.146. The van der Waals surface area contributed by atoms with E-state index in [0.29, 0.717) is 18.2 Å². The Morgan fingerprint density at radius 1 is 1.19 bits per heavy atom. The van der Waals surface area contributed by atoms with E-state index in [-0.39, 0.29) is 12.5 Å². The van der Waals surface area contributed by atoms with E-state index >= 15 is 0 Å². The number of benzene rings is 1. The van der Waals surface area contributed by atoms with Gasteiger partial charge in [0.1, 0.15) is 5.75 Å². The summed E-state index contributed by atoms with van der Waals surface area (Å²) < 4.78 is 5.55. The fourth-order valence-corrected chi connectivity index (χ4v) is 3.15. The molecule has 0 aliphatic heterocycles. The summed E-state index contributed by atoms with van der Waals surface area (Å²) in [7, 11) is 0. The molecule has 134 valence electrons. The summed E-state index contributed by atoms with van der Waals surface area (Å²) in [5, 5.41) is 6.97. The van der Waals surface area contributed by atoms with Crippen LogP contribution in [0.3, 0.4) is 0 Å². The predicted molar refractivity (Wildman–Crippen MR) is 105 cm³/mol. The van der Waals surface area contributed by atoms with Crippen molar-refractivity contribution in [2.24, 2.45) is 0 Å². The molecule has 0 saturated heterocycles. The van der Waals surface area contributed by atoms with Crippen molar-refractivity contribution in [1.29, 1.82) is 0 Å². The highest BCUT2D eigenvalue weighted by atomic mass is 32.1. The largest absolute Gasteiger partial charge is 0.484 e. The molecule has 2 heterocycles. The Bertz CT molecular complexity index is 843. The number of hydrogen-bond acceptors (Lipinski definition) is 4. The molecule has 5 heteroatoms. The number of hydrogen-bond donors (Lipinski definition) is 1. The van der Waals surface area contributed by atoms with Crippen LogP contribution in [-0.4, -0.2) is 17.5 Å². The highest BCUT2D eigenvalue weighted by Crippen LogP contribution is 2.21. The van der Waals surface area contributed by atoms with Crippen LogP contribution in [0.15, 0.2) is 59.4 Å². The molecule has 0 aliphatic carbocycles. The van der Waals surface area contributed by atoms with Crippen LogP contribution in [0.1, 0.15) is 30.9 Å². The fourth-order valence-electron chi connectivity index (χ4n) is 2.50. The standard InChI is InChI=1S/C21H22N2O2S/c1-15(2)17-3-5-19(6-4-17)25-13-21(24)23-12-16-7-9-22-20(11-16)18-8-10-26-14-18/h3-11,14-15H,12-13H2,1-2H3,(H,23,24). The Balaban J connectivity index is 1.49. The quantitative estimate of drug-likeness (QED) is 0.663. The lowest BCUT2D eigenvalue weighted by Crippen LogP contribution is -2.28. The van der Waals surface area contributed by atoms with E-state index in [1.165, 1.54) is 5.56 Å². The van der Waals surface area contributed by atoms with Crippen LogP contribution in [0.5, 0.6) is 5.75 Å². The maximum atomic E-state index is 12.0. The zero-order valence-electron chi connectivity index (χ0n) is 14.9. The van der Waals surface area contributed by atoms with Crippen molar-refractivity contribution >= 4 is 17.2 Å². The van der Waals surface area contributed by atoms with Gasteiger partial charge in [0.2, 0.25) is 0 Å². The van der Waals surface area contributed by atoms with Gasteiger partial charge >= 0.3 is 0 Å². The van der Waals surface area contributed by atoms with Crippen molar-refractivity contribution in [3.05, 3.63) is 70.5 Å². The molecule has 0 fully saturated rings. The zero-order chi connectivity index (χ0) is 18.4. The van der Waals surface area contributed by atoms with Gasteiger partial charge in [-0.05, 0) is 52.8 Å². The van der Waals surface area contributed by atoms with Gasteiger partial charge in [0.15, 0.2) is 6.61 Å². The van der Waals surface area contributed by atoms with Crippen LogP contribution in [0.25, 0.3) is 11.3 Å². The first kappa shape index (κ1) is 18.1. The van der Waals surface area contributed by atoms with Gasteiger partial charge in [0.05, 0.1) is 5.69 Å². The molecular formula is C21H22N2O2S. The highest BCUT2D eigenvalue weighted by Gasteiger charge is 2.06. The molecule has 1 aromatic carbocycles. The van der Waals surface area contributed by atoms with Gasteiger partial charge in [-0.1, -0.05) is 26.0 Å². The van der Waals surface area contributed by atoms with E-state index in [2.05, 4.69) is 29.5 Å². The topological polar surface area (TPSA) is 51.2 Å². The average molecular weight is 366 g/mol. The molecule has 0 saturated carbocycles. The Morgan fingerprint density at radius 3 is 2.69 bits per heavy atom. The smallest absolute Gasteiger partial charge is 0.258 e. The van der Waals surface area contributed by atoms with Crippen LogP contribution in [0.2, 0.25) is 0 Å². The maximum absolute atomic E-state index is 12.0. The fraction of sp³-hybridized carbons (Fsp3) is 0.238. The minimum absolute atomic E-state index is 0.00347. The lowest BCUT2D eigenvalue weighted by molar-refractivity contribution is -0.123. The van der Waals surface area contributed by atoms with Gasteiger partial charge in [-0.2, -0.15) is 11.3 Å². The first-order chi connectivity index (χ1) is 12.6. The normalized spacial score (nSPS) is 10.7. The molecule has 1 amide bonds. The number of thiophene rings is 1. The Kier molecular flexibility index (Phi) is 6.02. The molecule has 3 rings (SSSR count). The maximum Gasteiger partial charge on any atom is 0.258 e. The second-order valence-corrected chi connectivity index (χ2v) is 7.13. The summed E-state index contributed by atoms with van der Waals surface area (Å²) in [6.07, 6.45) is 1.77. The molecule has 0 atom stereocenters. The van der Waals surface area contributed by atoms with E-state index in [1.807, 2.05) is 47.8 Å². The van der Waals surface area contributed by atoms with Crippen LogP contribution >= 0.6 is 11.3 Å². The van der Waals surface area contributed by atoms with Gasteiger partial charge in [0.25, 0.3) is 5.91 Å². The van der Waals surface area contributed by atoms with Gasteiger partial charge in [0, 0.05) is 23.7 Å². The summed E-state index contributed by atoms with van der Waals surface area (Å²) in [4.78, 5) is 16.4. The molecule has 0 radical (unpaired) electrons. The van der Waals surface area contributed by atoms with E-state index in [1.54, 1.807) is 17.5 Å². The SMILES string of the molecule is CC(C)c1ccc(OCC(=O)NCc2ccnc(-c3ccsc3)c2)cc1. The van der Waals surface area contributed by atoms with Crippen molar-refractivity contribution in [1.82, 2.24) is 10.3 Å². The van der Waals surface area contributed by atoms with Gasteiger partial charge < -0.3 is 10.1 Å². The van der Waals surface area contributed by atoms with Gasteiger partial charge in [-0.3, -0.25) is 9.78 Å². The summed E-state index contributed by atoms with van der Waals surface area (Å²) in [5.74, 6) is 1.03. The minimum Gasteiger partial charge on any atom is -0.484 e. The summed E-state index contributed by atoms with van der Waals surface area (Å²) in [5.41, 5.74) is 4.27. The van der Waals surface area contributed by atoms with Crippen molar-refractivity contribution in [2.75, 3.05) is 6.61 Å². The van der Waals surface area contributed by atoms with Crippen molar-refractivity contribution in [3.8, 4) is 17.0 Å². The number of carbonyl (C=O) groups is 1. The predicted octanol–water partition coefficient (Wildman–Crippen LogP) is 4.63. The Labute approximate surface area is 157 Å². The monoisotopic (exact) mass is 366 g/mol. The highest BCUT2D eigenvalue weighted by molar-refractivity contribution is 7.08. The molecule has 0 spiro atoms. The molecule has 1 N–H and O–H groups in total. The van der Waals surface area contributed by atoms with E-state index in [4.69, 9.17) is 4.74 Å². The van der Waals surface area contributed by atoms with E-state index < -0.39 is 0 Å². The number of pyridine rings is 1. The third-order valence-corrected chi connectivity index (χ3v) is 4.73. The molecule has 3 aromatic rings. The summed E-state index contributed by atoms with van der Waals surface area (Å²) >= 11 is 1.64. The molecule has 2 aromatic heterocycles. The Morgan fingerprint density at radius 2 is 2.00 bits per heavy atom. The number of nitrogens with zero attached hydrogens (tertiary/aromatic N) is 1. The summed E-state index contributed by atoms with van der Waals surface area (Å²) in [6.45, 7) is 4.75. The number of aromatic nitrogens is 1. The zero-order valence-corrected chi connectivity index (χ0v) is 15.8. The number of nitrogens with one attached hydrogen (secondary N) is 1. The number of ether oxygens (including phenoxy) is 1. The lowest BCUT2D eigenvalue weighted by atomic mass is 10.0. The van der Waals surface area contributed by atoms with Gasteiger partial charge in [-0.25, -0.2) is 0 Å². The molecule has 0 aliphatic rings. The van der Waals surface area contributed by atoms with Crippen molar-refractivity contribution < 1.29 is 9.53 Å². The van der Waals surface area contributed by atoms with E-state index in [9.17, 15) is 4.79 Å². The van der Waals surface area contributed by atoms with Crippen molar-refractivity contribution in [3.63, 3.8) is 0 Å². The third kappa shape index (κ3) is 4.92. The number of carbonyl (C=O) groups excluding carboxylic acids is 1. The molecule has 26 heavy (non-hydrogen) atoms. The first-order valence-electron chi connectivity index (χ1n) is 8.59. The number of rotatable bonds is 7. The molecule has 0 unspecified atom stereocenters. The van der Waals surface area contributed by atoms with Gasteiger partial charge in [-0.15, -0.1) is 0 Å². The molecule has 4 nitrogen and oxygen atoms in total. The average Bonchev–Trinajstić information content (AvgIpc) is 3.20. The molecule has 0 bridgehead atoms. The summed E-state index contributed by atoms with van der Waals surface area (Å²) in [6, 6.07) is 13.8. The van der Waals surface area contributed by atoms with E-state index in [0.717, 1.165) is 16.8 Å². The third-order valence-electron chi connectivity index (χ3n) is 4.05. The second kappa shape index (κ2) is 8.63. The van der Waals surface area contributed by atoms with Crippen molar-refractivity contribution in [2.45, 2.75) is 26.3 Å².